The van der Waals surface area contributed by atoms with Gasteiger partial charge in [0.05, 0.1) is 0 Å². The van der Waals surface area contributed by atoms with Crippen LogP contribution < -0.4 is 21.9 Å². The van der Waals surface area contributed by atoms with Crippen molar-refractivity contribution < 1.29 is 0 Å². The fourth-order valence-corrected chi connectivity index (χ4v) is 1.39. The van der Waals surface area contributed by atoms with Crippen molar-refractivity contribution in [3.8, 4) is 0 Å². The number of hydrogen-bond donors (Lipinski definition) is 0. The van der Waals surface area contributed by atoms with Crippen LogP contribution >= 0.6 is 27.5 Å². The molecule has 0 saturated heterocycles. The molecule has 0 aliphatic rings. The molecule has 0 saturated carbocycles. The molecule has 0 aliphatic carbocycles. The largest absolute Gasteiger partial charge is 0.115 e. The first kappa shape index (κ1) is 10.3. The third-order valence-electron chi connectivity index (χ3n) is 1.54. The van der Waals surface area contributed by atoms with E-state index in [4.69, 9.17) is 43.0 Å². The van der Waals surface area contributed by atoms with Gasteiger partial charge >= 0.3 is 0 Å². The fourth-order valence-electron chi connectivity index (χ4n) is 0.763. The molecule has 0 aromatic heterocycles. The average Bonchev–Trinajstić information content (AvgIpc) is 2.08. The zero-order valence-electron chi connectivity index (χ0n) is 6.07. The van der Waals surface area contributed by atoms with E-state index in [2.05, 4.69) is 15.9 Å². The van der Waals surface area contributed by atoms with Crippen molar-refractivity contribution in [3.05, 3.63) is 9.50 Å². The summed E-state index contributed by atoms with van der Waals surface area (Å²) in [6, 6.07) is 0. The zero-order valence-corrected chi connectivity index (χ0v) is 8.41. The lowest BCUT2D eigenvalue weighted by Crippen LogP contribution is -2.48. The van der Waals surface area contributed by atoms with Crippen molar-refractivity contribution in [2.45, 2.75) is 0 Å². The van der Waals surface area contributed by atoms with E-state index in [9.17, 15) is 0 Å². The van der Waals surface area contributed by atoms with Gasteiger partial charge in [0.25, 0.3) is 0 Å². The number of hydrogen-bond acceptors (Lipinski definition) is 0. The van der Waals surface area contributed by atoms with Gasteiger partial charge in [0.2, 0.25) is 0 Å². The number of benzene rings is 1. The minimum Gasteiger partial charge on any atom is -0.110 e. The van der Waals surface area contributed by atoms with Gasteiger partial charge in [-0.05, 0) is 15.9 Å². The van der Waals surface area contributed by atoms with Gasteiger partial charge in [-0.2, -0.15) is 0 Å². The Hall–Kier alpha value is 0.250. The smallest absolute Gasteiger partial charge is 0.110 e. The van der Waals surface area contributed by atoms with E-state index in [-0.39, 0.29) is 16.4 Å². The van der Waals surface area contributed by atoms with Crippen LogP contribution in [0.4, 0.5) is 0 Å². The van der Waals surface area contributed by atoms with Crippen LogP contribution in [-0.4, -0.2) is 31.4 Å². The fraction of sp³-hybridized carbons (Fsp3) is 0. The van der Waals surface area contributed by atoms with E-state index < -0.39 is 0 Å². The maximum absolute atomic E-state index is 5.77. The molecular weight excluding hydrogens is 231 g/mol. The molecule has 0 bridgehead atoms. The maximum Gasteiger partial charge on any atom is 0.115 e. The summed E-state index contributed by atoms with van der Waals surface area (Å²) in [5.41, 5.74) is 1.03. The van der Waals surface area contributed by atoms with Crippen LogP contribution in [-0.2, 0) is 0 Å². The third kappa shape index (κ3) is 1.49. The molecule has 0 unspecified atom stereocenters. The van der Waals surface area contributed by atoms with Crippen LogP contribution in [0.25, 0.3) is 0 Å². The lowest BCUT2D eigenvalue weighted by molar-refractivity contribution is 1.85. The Bertz CT molecular complexity index is 234. The molecule has 50 valence electrons. The summed E-state index contributed by atoms with van der Waals surface area (Å²) in [6.45, 7) is 0. The monoisotopic (exact) mass is 230 g/mol. The highest BCUT2D eigenvalue weighted by molar-refractivity contribution is 9.10. The Kier molecular flexibility index (Phi) is 3.06. The molecule has 0 heterocycles. The van der Waals surface area contributed by atoms with E-state index in [0.29, 0.717) is 15.0 Å². The third-order valence-corrected chi connectivity index (χ3v) is 2.98. The molecular formula is C6B4BrCl. The lowest BCUT2D eigenvalue weighted by Gasteiger charge is -2.14. The first-order valence-corrected chi connectivity index (χ1v) is 4.20. The Balaban J connectivity index is 3.60. The van der Waals surface area contributed by atoms with Crippen LogP contribution in [0, 0.1) is 0 Å². The molecule has 0 spiro atoms. The van der Waals surface area contributed by atoms with Gasteiger partial charge in [-0.15, -0.1) is 10.9 Å². The topological polar surface area (TPSA) is 0 Å². The number of halogens is 2. The van der Waals surface area contributed by atoms with E-state index in [0.717, 1.165) is 0 Å². The number of rotatable bonds is 0. The second-order valence-electron chi connectivity index (χ2n) is 2.28. The van der Waals surface area contributed by atoms with Crippen molar-refractivity contribution in [1.29, 1.82) is 0 Å². The molecule has 1 aromatic rings. The molecule has 0 N–H and O–H groups in total. The highest BCUT2D eigenvalue weighted by Gasteiger charge is 2.08. The van der Waals surface area contributed by atoms with Crippen molar-refractivity contribution in [2.75, 3.05) is 0 Å². The summed E-state index contributed by atoms with van der Waals surface area (Å²) >= 11 is 8.92. The van der Waals surface area contributed by atoms with Gasteiger partial charge in [0.1, 0.15) is 31.4 Å². The Morgan fingerprint density at radius 3 is 1.75 bits per heavy atom. The molecule has 1 rings (SSSR count). The van der Waals surface area contributed by atoms with Crippen molar-refractivity contribution in [3.63, 3.8) is 0 Å². The van der Waals surface area contributed by atoms with Crippen LogP contribution in [0.2, 0.25) is 5.02 Å². The van der Waals surface area contributed by atoms with Crippen molar-refractivity contribution in [1.82, 2.24) is 0 Å². The summed E-state index contributed by atoms with van der Waals surface area (Å²) in [7, 11) is 22.1. The summed E-state index contributed by atoms with van der Waals surface area (Å²) in [4.78, 5) is 0. The molecule has 12 heavy (non-hydrogen) atoms. The molecule has 0 atom stereocenters. The van der Waals surface area contributed by atoms with Gasteiger partial charge in [-0.3, -0.25) is 0 Å². The summed E-state index contributed by atoms with van der Waals surface area (Å²) in [6.07, 6.45) is 0. The predicted octanol–water partition coefficient (Wildman–Crippen LogP) is -1.72. The van der Waals surface area contributed by atoms with Gasteiger partial charge < -0.3 is 0 Å². The standard InChI is InChI=1S/C6B4BrCl/c7-1-2(8)4(10)6(12)5(11)3(1)9. The second kappa shape index (κ2) is 3.55. The quantitative estimate of drug-likeness (QED) is 0.465. The van der Waals surface area contributed by atoms with Crippen LogP contribution in [0.15, 0.2) is 4.47 Å². The molecule has 0 aliphatic heterocycles. The lowest BCUT2D eigenvalue weighted by atomic mass is 9.67. The second-order valence-corrected chi connectivity index (χ2v) is 3.45. The summed E-state index contributed by atoms with van der Waals surface area (Å²) in [5.74, 6) is 0. The van der Waals surface area contributed by atoms with Crippen LogP contribution in [0.1, 0.15) is 0 Å². The van der Waals surface area contributed by atoms with E-state index in [1.54, 1.807) is 0 Å². The normalized spacial score (nSPS) is 10.2. The zero-order chi connectivity index (χ0) is 9.46. The molecule has 0 nitrogen and oxygen atoms in total. The SMILES string of the molecule is [B]c1c([B])c([B])c(Br)c(Cl)c1[B]. The average molecular weight is 231 g/mol. The van der Waals surface area contributed by atoms with Crippen molar-refractivity contribution in [2.24, 2.45) is 0 Å². The Morgan fingerprint density at radius 1 is 0.833 bits per heavy atom. The Morgan fingerprint density at radius 2 is 1.25 bits per heavy atom. The predicted molar refractivity (Wildman–Crippen MR) is 60.7 cm³/mol. The first-order valence-electron chi connectivity index (χ1n) is 3.03. The van der Waals surface area contributed by atoms with Gasteiger partial charge in [-0.1, -0.05) is 22.5 Å². The van der Waals surface area contributed by atoms with E-state index >= 15 is 0 Å². The van der Waals surface area contributed by atoms with Gasteiger partial charge in [0, 0.05) is 9.50 Å². The first-order chi connectivity index (χ1) is 5.46. The van der Waals surface area contributed by atoms with Crippen LogP contribution in [0.5, 0.6) is 0 Å². The van der Waals surface area contributed by atoms with E-state index in [1.807, 2.05) is 0 Å². The highest BCUT2D eigenvalue weighted by Crippen LogP contribution is 2.14. The molecule has 0 fully saturated rings. The minimum atomic E-state index is 0.223. The van der Waals surface area contributed by atoms with Crippen molar-refractivity contribution >= 4 is 80.8 Å². The molecule has 1 aromatic carbocycles. The highest BCUT2D eigenvalue weighted by atomic mass is 79.9. The molecule has 8 radical (unpaired) electrons. The Labute approximate surface area is 90.2 Å². The maximum atomic E-state index is 5.77. The van der Waals surface area contributed by atoms with E-state index in [1.165, 1.54) is 0 Å². The molecule has 0 amide bonds. The minimum absolute atomic E-state index is 0.223. The summed E-state index contributed by atoms with van der Waals surface area (Å²) < 4.78 is 0.480. The molecule has 6 heteroatoms. The van der Waals surface area contributed by atoms with Gasteiger partial charge in [0.15, 0.2) is 0 Å². The van der Waals surface area contributed by atoms with Gasteiger partial charge in [-0.25, -0.2) is 0 Å². The summed E-state index contributed by atoms with van der Waals surface area (Å²) in [5, 5.41) is 0.291. The van der Waals surface area contributed by atoms with Crippen LogP contribution in [0.3, 0.4) is 0 Å².